The topological polar surface area (TPSA) is 106 Å². The zero-order valence-corrected chi connectivity index (χ0v) is 24.3. The maximum absolute atomic E-state index is 12.2. The molecule has 0 radical (unpaired) electrons. The third kappa shape index (κ3) is 8.42. The smallest absolute Gasteiger partial charge is 0.335 e. The van der Waals surface area contributed by atoms with E-state index in [1.165, 1.54) is 35.4 Å². The fourth-order valence-electron chi connectivity index (χ4n) is 3.60. The summed E-state index contributed by atoms with van der Waals surface area (Å²) in [7, 11) is 0. The minimum atomic E-state index is -0.979. The van der Waals surface area contributed by atoms with Gasteiger partial charge in [0.1, 0.15) is 12.4 Å². The lowest BCUT2D eigenvalue weighted by Crippen LogP contribution is -2.24. The number of hydrogen-bond donors (Lipinski definition) is 2. The number of aromatic carboxylic acids is 1. The SMILES string of the molecule is CCOc1cc(/C=N\NC(=O)COc2ccc(C3SCCS3)cc2)cc(Br)c1OCc1ccc(C(=O)O)cc1. The second kappa shape index (κ2) is 14.3. The average molecular weight is 632 g/mol. The molecule has 1 aliphatic rings. The molecule has 4 rings (SSSR count). The van der Waals surface area contributed by atoms with Crippen LogP contribution in [0.4, 0.5) is 0 Å². The molecule has 11 heteroatoms. The summed E-state index contributed by atoms with van der Waals surface area (Å²) >= 11 is 7.40. The first-order chi connectivity index (χ1) is 18.9. The zero-order chi connectivity index (χ0) is 27.6. The number of carbonyl (C=O) groups is 2. The molecular weight excluding hydrogens is 604 g/mol. The minimum Gasteiger partial charge on any atom is -0.490 e. The number of benzene rings is 3. The molecule has 3 aromatic carbocycles. The van der Waals surface area contributed by atoms with Crippen molar-refractivity contribution in [3.63, 3.8) is 0 Å². The van der Waals surface area contributed by atoms with Crippen molar-refractivity contribution in [2.24, 2.45) is 5.10 Å². The lowest BCUT2D eigenvalue weighted by molar-refractivity contribution is -0.123. The Kier molecular flexibility index (Phi) is 10.6. The summed E-state index contributed by atoms with van der Waals surface area (Å²) in [5, 5.41) is 13.1. The number of amides is 1. The molecule has 1 heterocycles. The molecule has 0 atom stereocenters. The lowest BCUT2D eigenvalue weighted by atomic mass is 10.1. The second-order valence-electron chi connectivity index (χ2n) is 8.28. The van der Waals surface area contributed by atoms with E-state index in [1.807, 2.05) is 54.7 Å². The van der Waals surface area contributed by atoms with Gasteiger partial charge in [0, 0.05) is 11.5 Å². The summed E-state index contributed by atoms with van der Waals surface area (Å²) in [6, 6.07) is 17.9. The van der Waals surface area contributed by atoms with Gasteiger partial charge in [0.2, 0.25) is 0 Å². The molecule has 1 saturated heterocycles. The van der Waals surface area contributed by atoms with Crippen LogP contribution >= 0.6 is 39.5 Å². The number of halogens is 1. The number of hydrogen-bond acceptors (Lipinski definition) is 8. The van der Waals surface area contributed by atoms with Crippen molar-refractivity contribution >= 4 is 57.5 Å². The van der Waals surface area contributed by atoms with Crippen LogP contribution in [0.15, 0.2) is 70.2 Å². The predicted octanol–water partition coefficient (Wildman–Crippen LogP) is 6.13. The molecule has 8 nitrogen and oxygen atoms in total. The third-order valence-electron chi connectivity index (χ3n) is 5.46. The first-order valence-electron chi connectivity index (χ1n) is 12.1. The fourth-order valence-corrected chi connectivity index (χ4v) is 7.03. The van der Waals surface area contributed by atoms with Crippen molar-refractivity contribution in [1.29, 1.82) is 0 Å². The van der Waals surface area contributed by atoms with E-state index in [4.69, 9.17) is 19.3 Å². The van der Waals surface area contributed by atoms with Crippen molar-refractivity contribution < 1.29 is 28.9 Å². The molecular formula is C28H27BrN2O6S2. The van der Waals surface area contributed by atoms with Crippen LogP contribution in [0.1, 0.15) is 38.6 Å². The first kappa shape index (κ1) is 28.8. The van der Waals surface area contributed by atoms with Gasteiger partial charge in [0.15, 0.2) is 18.1 Å². The van der Waals surface area contributed by atoms with E-state index in [0.717, 1.165) is 5.56 Å². The summed E-state index contributed by atoms with van der Waals surface area (Å²) in [5.41, 5.74) is 5.44. The Morgan fingerprint density at radius 2 is 1.77 bits per heavy atom. The van der Waals surface area contributed by atoms with E-state index < -0.39 is 5.97 Å². The predicted molar refractivity (Wildman–Crippen MR) is 158 cm³/mol. The van der Waals surface area contributed by atoms with E-state index in [2.05, 4.69) is 26.5 Å². The number of carbonyl (C=O) groups excluding carboxylic acids is 1. The Morgan fingerprint density at radius 3 is 2.44 bits per heavy atom. The maximum Gasteiger partial charge on any atom is 0.335 e. The van der Waals surface area contributed by atoms with E-state index in [0.29, 0.717) is 38.5 Å². The molecule has 0 spiro atoms. The molecule has 0 saturated carbocycles. The van der Waals surface area contributed by atoms with Crippen LogP contribution in [0, 0.1) is 0 Å². The minimum absolute atomic E-state index is 0.155. The van der Waals surface area contributed by atoms with Crippen LogP contribution in [0.2, 0.25) is 0 Å². The van der Waals surface area contributed by atoms with Crippen LogP contribution in [-0.4, -0.2) is 47.9 Å². The summed E-state index contributed by atoms with van der Waals surface area (Å²) in [5.74, 6) is 2.62. The molecule has 1 fully saturated rings. The monoisotopic (exact) mass is 630 g/mol. The summed E-state index contributed by atoms with van der Waals surface area (Å²) in [6.45, 7) is 2.36. The van der Waals surface area contributed by atoms with Crippen molar-refractivity contribution in [3.05, 3.63) is 87.4 Å². The van der Waals surface area contributed by atoms with Gasteiger partial charge in [-0.1, -0.05) is 24.3 Å². The van der Waals surface area contributed by atoms with E-state index in [9.17, 15) is 9.59 Å². The van der Waals surface area contributed by atoms with Crippen LogP contribution in [-0.2, 0) is 11.4 Å². The Balaban J connectivity index is 1.30. The van der Waals surface area contributed by atoms with Crippen molar-refractivity contribution in [1.82, 2.24) is 5.43 Å². The molecule has 0 bridgehead atoms. The Hall–Kier alpha value is -3.15. The van der Waals surface area contributed by atoms with Crippen molar-refractivity contribution in [2.45, 2.75) is 18.1 Å². The van der Waals surface area contributed by atoms with Gasteiger partial charge in [-0.05, 0) is 75.9 Å². The van der Waals surface area contributed by atoms with Crippen molar-refractivity contribution in [2.75, 3.05) is 24.7 Å². The Labute approximate surface area is 243 Å². The summed E-state index contributed by atoms with van der Waals surface area (Å²) in [4.78, 5) is 23.2. The molecule has 0 aliphatic carbocycles. The highest BCUT2D eigenvalue weighted by atomic mass is 79.9. The number of rotatable bonds is 12. The van der Waals surface area contributed by atoms with Crippen molar-refractivity contribution in [3.8, 4) is 17.2 Å². The molecule has 3 aromatic rings. The Morgan fingerprint density at radius 1 is 1.05 bits per heavy atom. The molecule has 39 heavy (non-hydrogen) atoms. The quantitative estimate of drug-likeness (QED) is 0.182. The number of carboxylic acids is 1. The standard InChI is InChI=1S/C28H27BrN2O6S2/c1-2-35-24-14-19(13-23(29)26(24)37-16-18-3-5-20(6-4-18)27(33)34)15-30-31-25(32)17-36-22-9-7-21(8-10-22)28-38-11-12-39-28/h3-10,13-15,28H,2,11-12,16-17H2,1H3,(H,31,32)(H,33,34)/b30-15-. The molecule has 0 aromatic heterocycles. The van der Waals surface area contributed by atoms with Gasteiger partial charge in [-0.25, -0.2) is 10.2 Å². The molecule has 1 amide bonds. The van der Waals surface area contributed by atoms with Crippen LogP contribution in [0.25, 0.3) is 0 Å². The number of nitrogens with zero attached hydrogens (tertiary/aromatic N) is 1. The molecule has 2 N–H and O–H groups in total. The average Bonchev–Trinajstić information content (AvgIpc) is 3.47. The van der Waals surface area contributed by atoms with E-state index in [1.54, 1.807) is 24.3 Å². The summed E-state index contributed by atoms with van der Waals surface area (Å²) < 4.78 is 18.4. The number of nitrogens with one attached hydrogen (secondary N) is 1. The lowest BCUT2D eigenvalue weighted by Gasteiger charge is -2.15. The molecule has 1 aliphatic heterocycles. The van der Waals surface area contributed by atoms with E-state index >= 15 is 0 Å². The highest BCUT2D eigenvalue weighted by Gasteiger charge is 2.18. The normalized spacial score (nSPS) is 13.4. The van der Waals surface area contributed by atoms with Crippen LogP contribution in [0.5, 0.6) is 17.2 Å². The van der Waals surface area contributed by atoms with Crippen LogP contribution < -0.4 is 19.6 Å². The summed E-state index contributed by atoms with van der Waals surface area (Å²) in [6.07, 6.45) is 1.51. The zero-order valence-electron chi connectivity index (χ0n) is 21.1. The number of carboxylic acid groups (broad SMARTS) is 1. The van der Waals surface area contributed by atoms with Gasteiger partial charge < -0.3 is 19.3 Å². The number of hydrazone groups is 1. The van der Waals surface area contributed by atoms with Gasteiger partial charge in [-0.3, -0.25) is 4.79 Å². The maximum atomic E-state index is 12.2. The largest absolute Gasteiger partial charge is 0.490 e. The highest BCUT2D eigenvalue weighted by Crippen LogP contribution is 2.45. The Bertz CT molecular complexity index is 1310. The molecule has 204 valence electrons. The van der Waals surface area contributed by atoms with Gasteiger partial charge in [-0.2, -0.15) is 5.10 Å². The molecule has 0 unspecified atom stereocenters. The first-order valence-corrected chi connectivity index (χ1v) is 15.0. The van der Waals surface area contributed by atoms with Gasteiger partial charge in [-0.15, -0.1) is 23.5 Å². The fraction of sp³-hybridized carbons (Fsp3) is 0.250. The van der Waals surface area contributed by atoms with Gasteiger partial charge in [0.25, 0.3) is 5.91 Å². The third-order valence-corrected chi connectivity index (χ3v) is 9.16. The van der Waals surface area contributed by atoms with Crippen LogP contribution in [0.3, 0.4) is 0 Å². The van der Waals surface area contributed by atoms with Gasteiger partial charge in [0.05, 0.1) is 27.4 Å². The highest BCUT2D eigenvalue weighted by molar-refractivity contribution is 9.10. The second-order valence-corrected chi connectivity index (χ2v) is 11.9. The van der Waals surface area contributed by atoms with E-state index in [-0.39, 0.29) is 24.7 Å². The number of ether oxygens (including phenoxy) is 3. The number of thioether (sulfide) groups is 2. The van der Waals surface area contributed by atoms with Gasteiger partial charge >= 0.3 is 5.97 Å².